The van der Waals surface area contributed by atoms with E-state index in [1.165, 1.54) is 23.5 Å². The fourth-order valence-corrected chi connectivity index (χ4v) is 5.63. The normalized spacial score (nSPS) is 18.4. The molecule has 0 spiro atoms. The molecule has 1 N–H and O–H groups in total. The average molecular weight is 494 g/mol. The summed E-state index contributed by atoms with van der Waals surface area (Å²) in [5.41, 5.74) is 3.01. The van der Waals surface area contributed by atoms with Gasteiger partial charge in [-0.2, -0.15) is 4.98 Å². The SMILES string of the molecule is O=C(Nc1nc(-c2ccc(F)cc2)c(N2CCOCC2)s1)C1CCCN1c1nc2ccccc2o1. The minimum absolute atomic E-state index is 0.141. The van der Waals surface area contributed by atoms with E-state index in [-0.39, 0.29) is 11.7 Å². The number of hydrogen-bond donors (Lipinski definition) is 1. The standard InChI is InChI=1S/C25H24FN5O3S/c26-17-9-7-16(8-10-17)21-23(30-12-14-33-15-13-30)35-24(28-21)29-22(32)19-5-3-11-31(19)25-27-18-4-1-2-6-20(18)34-25/h1-2,4,6-10,19H,3,5,11-15H2,(H,28,29,32). The van der Waals surface area contributed by atoms with Crippen molar-refractivity contribution in [3.05, 3.63) is 54.3 Å². The molecule has 2 aromatic carbocycles. The number of hydrogen-bond acceptors (Lipinski definition) is 8. The number of nitrogens with one attached hydrogen (secondary N) is 1. The van der Waals surface area contributed by atoms with Crippen molar-refractivity contribution < 1.29 is 18.3 Å². The Morgan fingerprint density at radius 2 is 1.86 bits per heavy atom. The summed E-state index contributed by atoms with van der Waals surface area (Å²) in [6.45, 7) is 3.42. The highest BCUT2D eigenvalue weighted by Gasteiger charge is 2.34. The summed E-state index contributed by atoms with van der Waals surface area (Å²) >= 11 is 1.43. The van der Waals surface area contributed by atoms with Crippen LogP contribution in [0.25, 0.3) is 22.4 Å². The third kappa shape index (κ3) is 4.35. The van der Waals surface area contributed by atoms with Crippen LogP contribution < -0.4 is 15.1 Å². The number of benzene rings is 2. The van der Waals surface area contributed by atoms with Crippen LogP contribution in [0, 0.1) is 5.82 Å². The van der Waals surface area contributed by atoms with Crippen molar-refractivity contribution in [1.82, 2.24) is 9.97 Å². The largest absolute Gasteiger partial charge is 0.423 e. The number of fused-ring (bicyclic) bond motifs is 1. The van der Waals surface area contributed by atoms with E-state index in [0.717, 1.165) is 41.3 Å². The van der Waals surface area contributed by atoms with Crippen molar-refractivity contribution in [1.29, 1.82) is 0 Å². The number of carbonyl (C=O) groups is 1. The van der Waals surface area contributed by atoms with E-state index >= 15 is 0 Å². The van der Waals surface area contributed by atoms with Crippen LogP contribution >= 0.6 is 11.3 Å². The minimum Gasteiger partial charge on any atom is -0.423 e. The van der Waals surface area contributed by atoms with Gasteiger partial charge in [-0.15, -0.1) is 0 Å². The Bertz CT molecular complexity index is 1320. The van der Waals surface area contributed by atoms with Crippen LogP contribution in [-0.4, -0.2) is 54.8 Å². The Morgan fingerprint density at radius 1 is 1.06 bits per heavy atom. The van der Waals surface area contributed by atoms with E-state index in [0.29, 0.717) is 42.9 Å². The second kappa shape index (κ2) is 9.27. The van der Waals surface area contributed by atoms with Crippen LogP contribution in [-0.2, 0) is 9.53 Å². The smallest absolute Gasteiger partial charge is 0.299 e. The maximum absolute atomic E-state index is 13.5. The lowest BCUT2D eigenvalue weighted by Crippen LogP contribution is -2.39. The first-order valence-corrected chi connectivity index (χ1v) is 12.5. The van der Waals surface area contributed by atoms with Gasteiger partial charge >= 0.3 is 0 Å². The molecule has 4 heterocycles. The summed E-state index contributed by atoms with van der Waals surface area (Å²) in [4.78, 5) is 26.8. The maximum Gasteiger partial charge on any atom is 0.299 e. The molecule has 2 aromatic heterocycles. The average Bonchev–Trinajstić information content (AvgIpc) is 3.63. The molecule has 1 atom stereocenters. The third-order valence-electron chi connectivity index (χ3n) is 6.34. The predicted octanol–water partition coefficient (Wildman–Crippen LogP) is 4.53. The molecule has 2 fully saturated rings. The second-order valence-corrected chi connectivity index (χ2v) is 9.56. The number of oxazole rings is 1. The van der Waals surface area contributed by atoms with Gasteiger partial charge in [0.25, 0.3) is 6.01 Å². The highest BCUT2D eigenvalue weighted by atomic mass is 32.1. The summed E-state index contributed by atoms with van der Waals surface area (Å²) in [5, 5.41) is 4.48. The number of aromatic nitrogens is 2. The quantitative estimate of drug-likeness (QED) is 0.437. The molecule has 0 bridgehead atoms. The molecule has 1 unspecified atom stereocenters. The van der Waals surface area contributed by atoms with Gasteiger partial charge in [-0.05, 0) is 49.2 Å². The zero-order valence-electron chi connectivity index (χ0n) is 18.9. The Labute approximate surface area is 205 Å². The van der Waals surface area contributed by atoms with Crippen molar-refractivity contribution in [2.45, 2.75) is 18.9 Å². The molecule has 0 radical (unpaired) electrons. The molecular formula is C25H24FN5O3S. The molecule has 0 aliphatic carbocycles. The van der Waals surface area contributed by atoms with Crippen LogP contribution in [0.3, 0.4) is 0 Å². The lowest BCUT2D eigenvalue weighted by molar-refractivity contribution is -0.117. The van der Waals surface area contributed by atoms with Gasteiger partial charge in [0, 0.05) is 25.2 Å². The van der Waals surface area contributed by atoms with Crippen molar-refractivity contribution >= 4 is 44.5 Å². The van der Waals surface area contributed by atoms with Gasteiger partial charge in [0.15, 0.2) is 10.7 Å². The van der Waals surface area contributed by atoms with Gasteiger partial charge in [0.05, 0.1) is 13.2 Å². The fraction of sp³-hybridized carbons (Fsp3) is 0.320. The number of carbonyl (C=O) groups excluding carboxylic acids is 1. The number of rotatable bonds is 5. The van der Waals surface area contributed by atoms with Gasteiger partial charge in [0.2, 0.25) is 5.91 Å². The number of para-hydroxylation sites is 2. The van der Waals surface area contributed by atoms with Crippen molar-refractivity contribution in [3.8, 4) is 11.3 Å². The molecule has 2 aliphatic heterocycles. The molecular weight excluding hydrogens is 469 g/mol. The van der Waals surface area contributed by atoms with Gasteiger partial charge in [-0.1, -0.05) is 23.5 Å². The van der Waals surface area contributed by atoms with Gasteiger partial charge < -0.3 is 24.3 Å². The first kappa shape index (κ1) is 22.0. The van der Waals surface area contributed by atoms with Gasteiger partial charge in [-0.3, -0.25) is 4.79 Å². The molecule has 180 valence electrons. The van der Waals surface area contributed by atoms with Crippen LogP contribution in [0.15, 0.2) is 52.9 Å². The number of morpholine rings is 1. The first-order chi connectivity index (χ1) is 17.2. The zero-order chi connectivity index (χ0) is 23.8. The van der Waals surface area contributed by atoms with Crippen LogP contribution in [0.1, 0.15) is 12.8 Å². The van der Waals surface area contributed by atoms with E-state index < -0.39 is 6.04 Å². The van der Waals surface area contributed by atoms with Crippen LogP contribution in [0.2, 0.25) is 0 Å². The molecule has 8 nitrogen and oxygen atoms in total. The van der Waals surface area contributed by atoms with E-state index in [9.17, 15) is 9.18 Å². The molecule has 2 saturated heterocycles. The van der Waals surface area contributed by atoms with Crippen LogP contribution in [0.5, 0.6) is 0 Å². The summed E-state index contributed by atoms with van der Waals surface area (Å²) in [5.74, 6) is -0.441. The second-order valence-electron chi connectivity index (χ2n) is 8.58. The minimum atomic E-state index is -0.395. The summed E-state index contributed by atoms with van der Waals surface area (Å²) < 4.78 is 25.0. The molecule has 2 aliphatic rings. The number of anilines is 3. The monoisotopic (exact) mass is 493 g/mol. The van der Waals surface area contributed by atoms with E-state index in [1.807, 2.05) is 29.2 Å². The van der Waals surface area contributed by atoms with Crippen molar-refractivity contribution in [3.63, 3.8) is 0 Å². The lowest BCUT2D eigenvalue weighted by atomic mass is 10.1. The molecule has 4 aromatic rings. The van der Waals surface area contributed by atoms with E-state index in [1.54, 1.807) is 12.1 Å². The Hall–Kier alpha value is -3.50. The molecule has 1 amide bonds. The first-order valence-electron chi connectivity index (χ1n) is 11.7. The lowest BCUT2D eigenvalue weighted by Gasteiger charge is -2.28. The summed E-state index contributed by atoms with van der Waals surface area (Å²) in [6.07, 6.45) is 1.58. The van der Waals surface area contributed by atoms with Crippen molar-refractivity contribution in [2.75, 3.05) is 48.0 Å². The number of thiazole rings is 1. The molecule has 10 heteroatoms. The number of ether oxygens (including phenoxy) is 1. The highest BCUT2D eigenvalue weighted by molar-refractivity contribution is 7.20. The molecule has 6 rings (SSSR count). The topological polar surface area (TPSA) is 83.7 Å². The van der Waals surface area contributed by atoms with E-state index in [2.05, 4.69) is 15.2 Å². The Kier molecular flexibility index (Phi) is 5.83. The maximum atomic E-state index is 13.5. The molecule has 0 saturated carbocycles. The van der Waals surface area contributed by atoms with Gasteiger partial charge in [-0.25, -0.2) is 9.37 Å². The number of amides is 1. The third-order valence-corrected chi connectivity index (χ3v) is 7.37. The van der Waals surface area contributed by atoms with Gasteiger partial charge in [0.1, 0.15) is 28.1 Å². The van der Waals surface area contributed by atoms with Crippen LogP contribution in [0.4, 0.5) is 20.5 Å². The Balaban J connectivity index is 1.27. The summed E-state index contributed by atoms with van der Waals surface area (Å²) in [7, 11) is 0. The summed E-state index contributed by atoms with van der Waals surface area (Å²) in [6, 6.07) is 13.9. The van der Waals surface area contributed by atoms with Crippen molar-refractivity contribution in [2.24, 2.45) is 0 Å². The highest BCUT2D eigenvalue weighted by Crippen LogP contribution is 2.39. The predicted molar refractivity (Wildman–Crippen MR) is 134 cm³/mol. The van der Waals surface area contributed by atoms with E-state index in [4.69, 9.17) is 14.1 Å². The molecule has 35 heavy (non-hydrogen) atoms. The fourth-order valence-electron chi connectivity index (χ4n) is 4.58. The number of nitrogens with zero attached hydrogens (tertiary/aromatic N) is 4. The zero-order valence-corrected chi connectivity index (χ0v) is 19.8. The number of halogens is 1. The Morgan fingerprint density at radius 3 is 2.66 bits per heavy atom.